The number of aromatic nitrogens is 2. The molecule has 1 N–H and O–H groups in total. The van der Waals surface area contributed by atoms with Crippen molar-refractivity contribution in [2.45, 2.75) is 12.8 Å². The van der Waals surface area contributed by atoms with Gasteiger partial charge in [0.25, 0.3) is 0 Å². The molecule has 0 saturated carbocycles. The zero-order valence-corrected chi connectivity index (χ0v) is 9.46. The third-order valence-electron chi connectivity index (χ3n) is 3.03. The Hall–Kier alpha value is -1.36. The zero-order valence-electron chi connectivity index (χ0n) is 9.46. The molecule has 0 radical (unpaired) electrons. The van der Waals surface area contributed by atoms with Crippen LogP contribution < -0.4 is 9.64 Å². The summed E-state index contributed by atoms with van der Waals surface area (Å²) >= 11 is 0. The lowest BCUT2D eigenvalue weighted by Crippen LogP contribution is -2.35. The van der Waals surface area contributed by atoms with Crippen molar-refractivity contribution >= 4 is 5.82 Å². The second-order valence-electron chi connectivity index (χ2n) is 4.05. The highest BCUT2D eigenvalue weighted by Gasteiger charge is 2.19. The van der Waals surface area contributed by atoms with Gasteiger partial charge in [-0.1, -0.05) is 0 Å². The summed E-state index contributed by atoms with van der Waals surface area (Å²) in [5, 5.41) is 17.1. The standard InChI is InChI=1S/C11H17N3O2/c1-16-11-3-2-10(12-13-11)14-6-4-9(8-15)5-7-14/h2-3,9,15H,4-8H2,1H3. The first kappa shape index (κ1) is 11.1. The van der Waals surface area contributed by atoms with Gasteiger partial charge in [-0.2, -0.15) is 0 Å². The summed E-state index contributed by atoms with van der Waals surface area (Å²) in [5.74, 6) is 1.87. The molecule has 1 fully saturated rings. The average Bonchev–Trinajstić information content (AvgIpc) is 2.39. The van der Waals surface area contributed by atoms with Crippen LogP contribution in [0.4, 0.5) is 5.82 Å². The number of methoxy groups -OCH3 is 1. The maximum absolute atomic E-state index is 9.05. The Morgan fingerprint density at radius 3 is 2.62 bits per heavy atom. The second-order valence-corrected chi connectivity index (χ2v) is 4.05. The first-order valence-corrected chi connectivity index (χ1v) is 5.57. The number of hydrogen-bond acceptors (Lipinski definition) is 5. The Bertz CT molecular complexity index is 321. The topological polar surface area (TPSA) is 58.5 Å². The highest BCUT2D eigenvalue weighted by molar-refractivity contribution is 5.38. The summed E-state index contributed by atoms with van der Waals surface area (Å²) in [7, 11) is 1.58. The maximum Gasteiger partial charge on any atom is 0.233 e. The maximum atomic E-state index is 9.05. The Kier molecular flexibility index (Phi) is 3.56. The summed E-state index contributed by atoms with van der Waals surface area (Å²) in [6, 6.07) is 3.74. The number of rotatable bonds is 3. The number of hydrogen-bond donors (Lipinski definition) is 1. The van der Waals surface area contributed by atoms with E-state index >= 15 is 0 Å². The smallest absolute Gasteiger partial charge is 0.233 e. The molecule has 0 spiro atoms. The lowest BCUT2D eigenvalue weighted by atomic mass is 9.98. The van der Waals surface area contributed by atoms with Crippen molar-refractivity contribution < 1.29 is 9.84 Å². The van der Waals surface area contributed by atoms with E-state index in [0.717, 1.165) is 31.7 Å². The molecule has 1 aliphatic rings. The third kappa shape index (κ3) is 2.41. The van der Waals surface area contributed by atoms with Crippen LogP contribution in [0.1, 0.15) is 12.8 Å². The molecule has 1 aliphatic heterocycles. The molecule has 0 aliphatic carbocycles. The summed E-state index contributed by atoms with van der Waals surface area (Å²) in [6.07, 6.45) is 2.04. The highest BCUT2D eigenvalue weighted by Crippen LogP contribution is 2.21. The lowest BCUT2D eigenvalue weighted by molar-refractivity contribution is 0.202. The van der Waals surface area contributed by atoms with Crippen LogP contribution in [0.25, 0.3) is 0 Å². The highest BCUT2D eigenvalue weighted by atomic mass is 16.5. The van der Waals surface area contributed by atoms with Crippen molar-refractivity contribution in [3.63, 3.8) is 0 Å². The van der Waals surface area contributed by atoms with Crippen molar-refractivity contribution in [3.05, 3.63) is 12.1 Å². The average molecular weight is 223 g/mol. The number of anilines is 1. The first-order chi connectivity index (χ1) is 7.83. The first-order valence-electron chi connectivity index (χ1n) is 5.57. The van der Waals surface area contributed by atoms with E-state index in [1.165, 1.54) is 0 Å². The van der Waals surface area contributed by atoms with Crippen molar-refractivity contribution in [3.8, 4) is 5.88 Å². The number of aliphatic hydroxyl groups excluding tert-OH is 1. The van der Waals surface area contributed by atoms with E-state index in [2.05, 4.69) is 15.1 Å². The molecule has 2 rings (SSSR count). The van der Waals surface area contributed by atoms with Crippen molar-refractivity contribution in [2.75, 3.05) is 31.7 Å². The summed E-state index contributed by atoms with van der Waals surface area (Å²) < 4.78 is 4.97. The van der Waals surface area contributed by atoms with E-state index in [4.69, 9.17) is 9.84 Å². The van der Waals surface area contributed by atoms with Gasteiger partial charge in [-0.3, -0.25) is 0 Å². The van der Waals surface area contributed by atoms with E-state index in [9.17, 15) is 0 Å². The minimum absolute atomic E-state index is 0.294. The third-order valence-corrected chi connectivity index (χ3v) is 3.03. The van der Waals surface area contributed by atoms with Gasteiger partial charge in [-0.25, -0.2) is 0 Å². The van der Waals surface area contributed by atoms with Gasteiger partial charge in [0, 0.05) is 25.8 Å². The van der Waals surface area contributed by atoms with Crippen LogP contribution in [0.2, 0.25) is 0 Å². The molecule has 0 amide bonds. The Balaban J connectivity index is 1.97. The molecule has 16 heavy (non-hydrogen) atoms. The second kappa shape index (κ2) is 5.12. The lowest BCUT2D eigenvalue weighted by Gasteiger charge is -2.31. The minimum atomic E-state index is 0.294. The monoisotopic (exact) mass is 223 g/mol. The largest absolute Gasteiger partial charge is 0.480 e. The van der Waals surface area contributed by atoms with E-state index in [0.29, 0.717) is 18.4 Å². The molecule has 0 unspecified atom stereocenters. The van der Waals surface area contributed by atoms with Crippen LogP contribution in [0, 0.1) is 5.92 Å². The van der Waals surface area contributed by atoms with Crippen molar-refractivity contribution in [1.82, 2.24) is 10.2 Å². The van der Waals surface area contributed by atoms with Crippen molar-refractivity contribution in [1.29, 1.82) is 0 Å². The molecule has 2 heterocycles. The molecule has 1 aromatic heterocycles. The summed E-state index contributed by atoms with van der Waals surface area (Å²) in [6.45, 7) is 2.17. The molecule has 1 aromatic rings. The van der Waals surface area contributed by atoms with Gasteiger partial charge in [-0.15, -0.1) is 10.2 Å². The zero-order chi connectivity index (χ0) is 11.4. The summed E-state index contributed by atoms with van der Waals surface area (Å²) in [5.41, 5.74) is 0. The molecule has 0 aromatic carbocycles. The number of nitrogens with zero attached hydrogens (tertiary/aromatic N) is 3. The van der Waals surface area contributed by atoms with Crippen molar-refractivity contribution in [2.24, 2.45) is 5.92 Å². The SMILES string of the molecule is COc1ccc(N2CCC(CO)CC2)nn1. The van der Waals surface area contributed by atoms with Crippen LogP contribution in [-0.2, 0) is 0 Å². The van der Waals surface area contributed by atoms with Gasteiger partial charge in [-0.05, 0) is 24.8 Å². The van der Waals surface area contributed by atoms with E-state index < -0.39 is 0 Å². The number of aliphatic hydroxyl groups is 1. The van der Waals surface area contributed by atoms with E-state index in [1.807, 2.05) is 12.1 Å². The molecule has 88 valence electrons. The quantitative estimate of drug-likeness (QED) is 0.817. The van der Waals surface area contributed by atoms with Crippen LogP contribution in [0.3, 0.4) is 0 Å². The molecule has 0 atom stereocenters. The summed E-state index contributed by atoms with van der Waals surface area (Å²) in [4.78, 5) is 2.19. The normalized spacial score (nSPS) is 17.5. The molecule has 5 heteroatoms. The fraction of sp³-hybridized carbons (Fsp3) is 0.636. The fourth-order valence-electron chi connectivity index (χ4n) is 1.94. The van der Waals surface area contributed by atoms with Crippen LogP contribution >= 0.6 is 0 Å². The van der Waals surface area contributed by atoms with Gasteiger partial charge in [0.1, 0.15) is 0 Å². The fourth-order valence-corrected chi connectivity index (χ4v) is 1.94. The molecule has 1 saturated heterocycles. The van der Waals surface area contributed by atoms with Gasteiger partial charge >= 0.3 is 0 Å². The van der Waals surface area contributed by atoms with Crippen LogP contribution in [-0.4, -0.2) is 42.1 Å². The molecular weight excluding hydrogens is 206 g/mol. The van der Waals surface area contributed by atoms with Crippen LogP contribution in [0.5, 0.6) is 5.88 Å². The molecular formula is C11H17N3O2. The van der Waals surface area contributed by atoms with Crippen LogP contribution in [0.15, 0.2) is 12.1 Å². The molecule has 5 nitrogen and oxygen atoms in total. The number of ether oxygens (including phenoxy) is 1. The van der Waals surface area contributed by atoms with E-state index in [-0.39, 0.29) is 0 Å². The Morgan fingerprint density at radius 2 is 2.12 bits per heavy atom. The predicted molar refractivity (Wildman–Crippen MR) is 60.6 cm³/mol. The van der Waals surface area contributed by atoms with Gasteiger partial charge in [0.15, 0.2) is 5.82 Å². The Morgan fingerprint density at radius 1 is 1.38 bits per heavy atom. The Labute approximate surface area is 95.1 Å². The van der Waals surface area contributed by atoms with Gasteiger partial charge in [0.05, 0.1) is 7.11 Å². The van der Waals surface area contributed by atoms with Gasteiger partial charge in [0.2, 0.25) is 5.88 Å². The van der Waals surface area contributed by atoms with E-state index in [1.54, 1.807) is 7.11 Å². The van der Waals surface area contributed by atoms with Gasteiger partial charge < -0.3 is 14.7 Å². The predicted octanol–water partition coefficient (Wildman–Crippen LogP) is 0.694. The molecule has 0 bridgehead atoms. The minimum Gasteiger partial charge on any atom is -0.480 e. The number of piperidine rings is 1.